The molecule has 0 aliphatic rings. The van der Waals surface area contributed by atoms with Crippen molar-refractivity contribution in [2.45, 2.75) is 0 Å². The quantitative estimate of drug-likeness (QED) is 0.174. The summed E-state index contributed by atoms with van der Waals surface area (Å²) in [5.41, 5.74) is 7.41. The molecule has 0 N–H and O–H groups in total. The van der Waals surface area contributed by atoms with E-state index in [1.165, 1.54) is 68.8 Å². The standard InChI is InChI=1S/C48H27N3S/c1-2-12-29(13-3-1)46-35-16-6-8-18-39(35)49-48(50-46)37-25-24-36-43-31-14-5-4-11-28(31)21-23-34(43)33-17-10-19-40-44(33)45(36)47(37)51(40)30-22-26-42-38(27-30)32-15-7-9-20-41(32)52-42/h1-27H. The van der Waals surface area contributed by atoms with Crippen molar-refractivity contribution >= 4 is 96.5 Å². The second-order valence-corrected chi connectivity index (χ2v) is 14.8. The highest BCUT2D eigenvalue weighted by atomic mass is 32.1. The van der Waals surface area contributed by atoms with Crippen molar-refractivity contribution < 1.29 is 0 Å². The Bertz CT molecular complexity index is 3410. The lowest BCUT2D eigenvalue weighted by molar-refractivity contribution is 1.17. The van der Waals surface area contributed by atoms with E-state index in [4.69, 9.17) is 9.97 Å². The van der Waals surface area contributed by atoms with E-state index >= 15 is 0 Å². The Morgan fingerprint density at radius 1 is 0.442 bits per heavy atom. The number of hydrogen-bond donors (Lipinski definition) is 0. The molecule has 52 heavy (non-hydrogen) atoms. The Kier molecular flexibility index (Phi) is 5.65. The Hall–Kier alpha value is -6.62. The summed E-state index contributed by atoms with van der Waals surface area (Å²) in [4.78, 5) is 10.7. The fourth-order valence-corrected chi connectivity index (χ4v) is 9.81. The summed E-state index contributed by atoms with van der Waals surface area (Å²) < 4.78 is 5.08. The number of nitrogens with zero attached hydrogens (tertiary/aromatic N) is 3. The molecule has 0 aliphatic carbocycles. The number of thiophene rings is 1. The van der Waals surface area contributed by atoms with Gasteiger partial charge in [0.05, 0.1) is 22.2 Å². The average molecular weight is 678 g/mol. The van der Waals surface area contributed by atoms with Crippen LogP contribution in [0.25, 0.3) is 114 Å². The number of hydrogen-bond acceptors (Lipinski definition) is 3. The van der Waals surface area contributed by atoms with Gasteiger partial charge in [0, 0.05) is 53.1 Å². The van der Waals surface area contributed by atoms with E-state index in [0.717, 1.165) is 44.8 Å². The Balaban J connectivity index is 1.28. The zero-order valence-electron chi connectivity index (χ0n) is 27.8. The predicted molar refractivity (Wildman–Crippen MR) is 221 cm³/mol. The van der Waals surface area contributed by atoms with Gasteiger partial charge in [0.15, 0.2) is 5.82 Å². The number of para-hydroxylation sites is 1. The third kappa shape index (κ3) is 3.79. The predicted octanol–water partition coefficient (Wildman–Crippen LogP) is 13.3. The first-order valence-electron chi connectivity index (χ1n) is 17.7. The molecule has 0 radical (unpaired) electrons. The van der Waals surface area contributed by atoms with Gasteiger partial charge in [-0.2, -0.15) is 0 Å². The van der Waals surface area contributed by atoms with Gasteiger partial charge in [-0.15, -0.1) is 11.3 Å². The van der Waals surface area contributed by atoms with E-state index in [-0.39, 0.29) is 0 Å². The molecular formula is C48H27N3S. The Labute approximate surface area is 302 Å². The summed E-state index contributed by atoms with van der Waals surface area (Å²) in [7, 11) is 0. The molecule has 0 saturated carbocycles. The lowest BCUT2D eigenvalue weighted by Gasteiger charge is -2.15. The SMILES string of the molecule is c1ccc(-c2nc(-c3ccc4c5c6ccccc6ccc5c5cccc6c5c4c3n6-c3ccc4sc5ccccc5c4c3)nc3ccccc23)cc1. The van der Waals surface area contributed by atoms with Gasteiger partial charge in [0.1, 0.15) is 0 Å². The van der Waals surface area contributed by atoms with E-state index in [0.29, 0.717) is 0 Å². The first-order chi connectivity index (χ1) is 25.8. The van der Waals surface area contributed by atoms with Crippen LogP contribution in [-0.4, -0.2) is 14.5 Å². The van der Waals surface area contributed by atoms with Gasteiger partial charge in [0.2, 0.25) is 0 Å². The smallest absolute Gasteiger partial charge is 0.162 e. The summed E-state index contributed by atoms with van der Waals surface area (Å²) in [6, 6.07) is 59.3. The summed E-state index contributed by atoms with van der Waals surface area (Å²) in [6.45, 7) is 0. The summed E-state index contributed by atoms with van der Waals surface area (Å²) >= 11 is 1.85. The van der Waals surface area contributed by atoms with Gasteiger partial charge in [-0.05, 0) is 74.8 Å². The lowest BCUT2D eigenvalue weighted by Crippen LogP contribution is -1.99. The van der Waals surface area contributed by atoms with Crippen molar-refractivity contribution in [1.29, 1.82) is 0 Å². The highest BCUT2D eigenvalue weighted by Crippen LogP contribution is 2.48. The van der Waals surface area contributed by atoms with Crippen LogP contribution in [0.5, 0.6) is 0 Å². The van der Waals surface area contributed by atoms with Crippen LogP contribution in [0.1, 0.15) is 0 Å². The van der Waals surface area contributed by atoms with Gasteiger partial charge in [-0.3, -0.25) is 0 Å². The van der Waals surface area contributed by atoms with Crippen LogP contribution in [0.4, 0.5) is 0 Å². The third-order valence-electron chi connectivity index (χ3n) is 10.9. The van der Waals surface area contributed by atoms with Crippen molar-refractivity contribution in [3.8, 4) is 28.3 Å². The second-order valence-electron chi connectivity index (χ2n) is 13.7. The molecule has 0 saturated heterocycles. The van der Waals surface area contributed by atoms with Crippen molar-refractivity contribution in [2.75, 3.05) is 0 Å². The third-order valence-corrected chi connectivity index (χ3v) is 12.1. The van der Waals surface area contributed by atoms with Crippen LogP contribution >= 0.6 is 11.3 Å². The molecule has 12 aromatic rings. The van der Waals surface area contributed by atoms with Gasteiger partial charge >= 0.3 is 0 Å². The molecule has 0 atom stereocenters. The highest BCUT2D eigenvalue weighted by Gasteiger charge is 2.25. The Morgan fingerprint density at radius 3 is 2.10 bits per heavy atom. The lowest BCUT2D eigenvalue weighted by atomic mass is 9.90. The minimum atomic E-state index is 0.723. The maximum absolute atomic E-state index is 5.42. The monoisotopic (exact) mass is 677 g/mol. The first kappa shape index (κ1) is 28.1. The summed E-state index contributed by atoms with van der Waals surface area (Å²) in [5.74, 6) is 0.723. The van der Waals surface area contributed by atoms with E-state index in [1.54, 1.807) is 0 Å². The molecule has 0 unspecified atom stereocenters. The molecule has 0 aliphatic heterocycles. The molecule has 9 aromatic carbocycles. The number of rotatable bonds is 3. The van der Waals surface area contributed by atoms with Crippen molar-refractivity contribution in [3.05, 3.63) is 164 Å². The highest BCUT2D eigenvalue weighted by molar-refractivity contribution is 7.25. The normalized spacial score (nSPS) is 12.2. The van der Waals surface area contributed by atoms with E-state index in [1.807, 2.05) is 11.3 Å². The zero-order valence-corrected chi connectivity index (χ0v) is 28.7. The fourth-order valence-electron chi connectivity index (χ4n) is 8.72. The number of fused-ring (bicyclic) bond motifs is 9. The largest absolute Gasteiger partial charge is 0.308 e. The molecule has 240 valence electrons. The van der Waals surface area contributed by atoms with Gasteiger partial charge in [0.25, 0.3) is 0 Å². The molecule has 0 spiro atoms. The van der Waals surface area contributed by atoms with E-state index in [9.17, 15) is 0 Å². The van der Waals surface area contributed by atoms with Crippen LogP contribution in [0.2, 0.25) is 0 Å². The van der Waals surface area contributed by atoms with Crippen LogP contribution in [0.3, 0.4) is 0 Å². The first-order valence-corrected chi connectivity index (χ1v) is 18.5. The van der Waals surface area contributed by atoms with Gasteiger partial charge in [-0.25, -0.2) is 9.97 Å². The zero-order chi connectivity index (χ0) is 33.9. The topological polar surface area (TPSA) is 30.7 Å². The fraction of sp³-hybridized carbons (Fsp3) is 0. The van der Waals surface area contributed by atoms with Gasteiger partial charge < -0.3 is 4.57 Å². The molecule has 0 bridgehead atoms. The molecule has 0 amide bonds. The molecule has 12 rings (SSSR count). The van der Waals surface area contributed by atoms with E-state index < -0.39 is 0 Å². The van der Waals surface area contributed by atoms with Crippen molar-refractivity contribution in [3.63, 3.8) is 0 Å². The van der Waals surface area contributed by atoms with Crippen molar-refractivity contribution in [1.82, 2.24) is 14.5 Å². The van der Waals surface area contributed by atoms with Crippen molar-refractivity contribution in [2.24, 2.45) is 0 Å². The summed E-state index contributed by atoms with van der Waals surface area (Å²) in [5, 5.41) is 13.7. The molecule has 3 aromatic heterocycles. The average Bonchev–Trinajstić information content (AvgIpc) is 3.76. The molecular weight excluding hydrogens is 651 g/mol. The maximum atomic E-state index is 5.42. The minimum Gasteiger partial charge on any atom is -0.308 e. The van der Waals surface area contributed by atoms with Crippen LogP contribution in [-0.2, 0) is 0 Å². The van der Waals surface area contributed by atoms with Gasteiger partial charge in [-0.1, -0.05) is 121 Å². The van der Waals surface area contributed by atoms with Crippen LogP contribution < -0.4 is 0 Å². The number of aromatic nitrogens is 3. The molecule has 3 heterocycles. The van der Waals surface area contributed by atoms with Crippen LogP contribution in [0.15, 0.2) is 164 Å². The molecule has 3 nitrogen and oxygen atoms in total. The van der Waals surface area contributed by atoms with Crippen LogP contribution in [0, 0.1) is 0 Å². The van der Waals surface area contributed by atoms with E-state index in [2.05, 4.69) is 168 Å². The summed E-state index contributed by atoms with van der Waals surface area (Å²) in [6.07, 6.45) is 0. The second kappa shape index (κ2) is 10.5. The molecule has 0 fully saturated rings. The number of benzene rings is 9. The molecule has 4 heteroatoms. The Morgan fingerprint density at radius 2 is 1.17 bits per heavy atom. The minimum absolute atomic E-state index is 0.723. The maximum Gasteiger partial charge on any atom is 0.162 e.